The van der Waals surface area contributed by atoms with Crippen LogP contribution < -0.4 is 10.6 Å². The molecule has 136 valence electrons. The molecule has 0 aliphatic heterocycles. The molecular formula is C22H27N3O. The smallest absolute Gasteiger partial charge is 0.269 e. The van der Waals surface area contributed by atoms with Crippen LogP contribution in [0.5, 0.6) is 0 Å². The van der Waals surface area contributed by atoms with Gasteiger partial charge in [0.25, 0.3) is 5.91 Å². The van der Waals surface area contributed by atoms with Gasteiger partial charge in [-0.15, -0.1) is 0 Å². The van der Waals surface area contributed by atoms with Crippen LogP contribution in [-0.2, 0) is 6.42 Å². The Kier molecular flexibility index (Phi) is 6.82. The van der Waals surface area contributed by atoms with Gasteiger partial charge in [-0.25, -0.2) is 4.98 Å². The molecule has 26 heavy (non-hydrogen) atoms. The van der Waals surface area contributed by atoms with Crippen molar-refractivity contribution in [1.82, 2.24) is 10.3 Å². The molecule has 4 heteroatoms. The van der Waals surface area contributed by atoms with Crippen LogP contribution in [0.4, 0.5) is 5.69 Å². The zero-order valence-corrected chi connectivity index (χ0v) is 15.2. The van der Waals surface area contributed by atoms with Crippen molar-refractivity contribution >= 4 is 11.6 Å². The topological polar surface area (TPSA) is 54.0 Å². The first-order valence-electron chi connectivity index (χ1n) is 9.51. The van der Waals surface area contributed by atoms with E-state index in [0.29, 0.717) is 12.2 Å². The van der Waals surface area contributed by atoms with Gasteiger partial charge in [0.1, 0.15) is 5.69 Å². The van der Waals surface area contributed by atoms with E-state index in [4.69, 9.17) is 0 Å². The van der Waals surface area contributed by atoms with Gasteiger partial charge < -0.3 is 10.6 Å². The Morgan fingerprint density at radius 2 is 1.88 bits per heavy atom. The Hall–Kier alpha value is -2.62. The molecule has 0 atom stereocenters. The normalized spacial score (nSPS) is 13.8. The Labute approximate surface area is 155 Å². The molecule has 1 aromatic carbocycles. The third-order valence-electron chi connectivity index (χ3n) is 4.70. The summed E-state index contributed by atoms with van der Waals surface area (Å²) < 4.78 is 0. The Bertz CT molecular complexity index is 723. The van der Waals surface area contributed by atoms with Crippen LogP contribution in [0.15, 0.2) is 60.3 Å². The van der Waals surface area contributed by atoms with Crippen molar-refractivity contribution in [2.75, 3.05) is 18.4 Å². The third kappa shape index (κ3) is 5.73. The van der Waals surface area contributed by atoms with E-state index in [-0.39, 0.29) is 5.91 Å². The van der Waals surface area contributed by atoms with Gasteiger partial charge in [-0.05, 0) is 56.2 Å². The maximum absolute atomic E-state index is 12.2. The molecule has 0 radical (unpaired) electrons. The summed E-state index contributed by atoms with van der Waals surface area (Å²) in [5, 5.41) is 6.31. The molecule has 1 aliphatic carbocycles. The fourth-order valence-corrected chi connectivity index (χ4v) is 3.19. The lowest BCUT2D eigenvalue weighted by molar-refractivity contribution is 0.0949. The second-order valence-corrected chi connectivity index (χ2v) is 6.71. The van der Waals surface area contributed by atoms with E-state index in [1.54, 1.807) is 17.8 Å². The van der Waals surface area contributed by atoms with Gasteiger partial charge >= 0.3 is 0 Å². The number of aromatic nitrogens is 1. The molecule has 0 fully saturated rings. The van der Waals surface area contributed by atoms with E-state index in [0.717, 1.165) is 25.1 Å². The van der Waals surface area contributed by atoms with E-state index >= 15 is 0 Å². The van der Waals surface area contributed by atoms with Gasteiger partial charge in [0.2, 0.25) is 0 Å². The number of carbonyl (C=O) groups excluding carboxylic acids is 1. The maximum Gasteiger partial charge on any atom is 0.269 e. The van der Waals surface area contributed by atoms with Crippen molar-refractivity contribution in [2.45, 2.75) is 38.5 Å². The van der Waals surface area contributed by atoms with Crippen LogP contribution in [-0.4, -0.2) is 24.0 Å². The predicted molar refractivity (Wildman–Crippen MR) is 106 cm³/mol. The van der Waals surface area contributed by atoms with Crippen molar-refractivity contribution in [3.63, 3.8) is 0 Å². The highest BCUT2D eigenvalue weighted by Gasteiger charge is 2.07. The number of hydrogen-bond donors (Lipinski definition) is 2. The molecule has 1 aliphatic rings. The predicted octanol–water partition coefficient (Wildman–Crippen LogP) is 4.36. The number of pyridine rings is 1. The lowest BCUT2D eigenvalue weighted by Crippen LogP contribution is -2.26. The summed E-state index contributed by atoms with van der Waals surface area (Å²) in [7, 11) is 0. The number of allylic oxidation sites excluding steroid dienone is 1. The average Bonchev–Trinajstić information content (AvgIpc) is 2.70. The minimum absolute atomic E-state index is 0.125. The van der Waals surface area contributed by atoms with E-state index in [1.807, 2.05) is 24.3 Å². The van der Waals surface area contributed by atoms with E-state index in [2.05, 4.69) is 33.8 Å². The molecule has 1 heterocycles. The fraction of sp³-hybridized carbons (Fsp3) is 0.364. The first-order chi connectivity index (χ1) is 12.8. The highest BCUT2D eigenvalue weighted by atomic mass is 16.1. The van der Waals surface area contributed by atoms with Gasteiger partial charge in [-0.1, -0.05) is 42.0 Å². The first kappa shape index (κ1) is 18.2. The third-order valence-corrected chi connectivity index (χ3v) is 4.70. The second-order valence-electron chi connectivity index (χ2n) is 6.71. The Morgan fingerprint density at radius 3 is 2.62 bits per heavy atom. The summed E-state index contributed by atoms with van der Waals surface area (Å²) >= 11 is 0. The first-order valence-corrected chi connectivity index (χ1v) is 9.51. The summed E-state index contributed by atoms with van der Waals surface area (Å²) in [5.41, 5.74) is 4.19. The van der Waals surface area contributed by atoms with Crippen molar-refractivity contribution < 1.29 is 4.79 Å². The van der Waals surface area contributed by atoms with Crippen molar-refractivity contribution in [3.8, 4) is 0 Å². The molecule has 3 rings (SSSR count). The van der Waals surface area contributed by atoms with Gasteiger partial charge in [-0.2, -0.15) is 0 Å². The molecule has 2 N–H and O–H groups in total. The molecule has 0 saturated carbocycles. The Balaban J connectivity index is 1.40. The molecule has 2 aromatic rings. The molecule has 1 aromatic heterocycles. The molecule has 1 amide bonds. The Morgan fingerprint density at radius 1 is 1.00 bits per heavy atom. The molecule has 0 unspecified atom stereocenters. The molecule has 4 nitrogen and oxygen atoms in total. The van der Waals surface area contributed by atoms with Crippen molar-refractivity contribution in [3.05, 3.63) is 71.6 Å². The number of nitrogens with zero attached hydrogens (tertiary/aromatic N) is 1. The zero-order valence-electron chi connectivity index (χ0n) is 15.2. The maximum atomic E-state index is 12.2. The van der Waals surface area contributed by atoms with Gasteiger partial charge in [0.15, 0.2) is 0 Å². The summed E-state index contributed by atoms with van der Waals surface area (Å²) in [6.07, 6.45) is 11.1. The summed E-state index contributed by atoms with van der Waals surface area (Å²) in [6.45, 7) is 1.52. The number of rotatable bonds is 8. The van der Waals surface area contributed by atoms with E-state index in [9.17, 15) is 4.79 Å². The summed E-state index contributed by atoms with van der Waals surface area (Å²) in [4.78, 5) is 16.4. The molecular weight excluding hydrogens is 322 g/mol. The number of anilines is 1. The minimum Gasteiger partial charge on any atom is -0.383 e. The molecule has 0 bridgehead atoms. The lowest BCUT2D eigenvalue weighted by Gasteiger charge is -2.13. The number of amides is 1. The van der Waals surface area contributed by atoms with Gasteiger partial charge in [0, 0.05) is 13.1 Å². The fourth-order valence-electron chi connectivity index (χ4n) is 3.19. The van der Waals surface area contributed by atoms with Crippen molar-refractivity contribution in [1.29, 1.82) is 0 Å². The monoisotopic (exact) mass is 349 g/mol. The second kappa shape index (κ2) is 9.76. The highest BCUT2D eigenvalue weighted by molar-refractivity contribution is 5.92. The summed E-state index contributed by atoms with van der Waals surface area (Å²) in [6, 6.07) is 13.8. The van der Waals surface area contributed by atoms with Crippen LogP contribution in [0.3, 0.4) is 0 Å². The van der Waals surface area contributed by atoms with Crippen LogP contribution >= 0.6 is 0 Å². The molecule has 0 saturated heterocycles. The number of hydrogen-bond acceptors (Lipinski definition) is 3. The van der Waals surface area contributed by atoms with Crippen LogP contribution in [0.2, 0.25) is 0 Å². The number of carbonyl (C=O) groups is 1. The largest absolute Gasteiger partial charge is 0.383 e. The lowest BCUT2D eigenvalue weighted by atomic mass is 9.97. The van der Waals surface area contributed by atoms with Crippen LogP contribution in [0.25, 0.3) is 0 Å². The highest BCUT2D eigenvalue weighted by Crippen LogP contribution is 2.20. The number of nitrogens with one attached hydrogen (secondary N) is 2. The summed E-state index contributed by atoms with van der Waals surface area (Å²) in [5.74, 6) is -0.125. The molecule has 0 spiro atoms. The van der Waals surface area contributed by atoms with Crippen molar-refractivity contribution in [2.24, 2.45) is 0 Å². The average molecular weight is 349 g/mol. The standard InChI is InChI=1S/C22H27N3O/c26-22(24-16-14-19-9-5-2-6-10-19)21-12-11-20(17-25-21)23-15-13-18-7-3-1-4-8-18/h2,5-7,9-12,17,23H,1,3-4,8,13-16H2,(H,24,26). The van der Waals surface area contributed by atoms with Crippen LogP contribution in [0, 0.1) is 0 Å². The minimum atomic E-state index is -0.125. The zero-order chi connectivity index (χ0) is 18.0. The van der Waals surface area contributed by atoms with E-state index in [1.165, 1.54) is 31.2 Å². The van der Waals surface area contributed by atoms with Gasteiger partial charge in [0.05, 0.1) is 11.9 Å². The van der Waals surface area contributed by atoms with Crippen LogP contribution in [0.1, 0.15) is 48.2 Å². The quantitative estimate of drug-likeness (QED) is 0.696. The van der Waals surface area contributed by atoms with Gasteiger partial charge in [-0.3, -0.25) is 4.79 Å². The number of benzene rings is 1. The van der Waals surface area contributed by atoms with E-state index < -0.39 is 0 Å². The SMILES string of the molecule is O=C(NCCc1ccccc1)c1ccc(NCCC2=CCCCC2)cn1.